The highest BCUT2D eigenvalue weighted by molar-refractivity contribution is 5.70. The lowest BCUT2D eigenvalue weighted by Crippen LogP contribution is -2.18. The van der Waals surface area contributed by atoms with Gasteiger partial charge in [-0.05, 0) is 43.6 Å². The summed E-state index contributed by atoms with van der Waals surface area (Å²) < 4.78 is 0. The van der Waals surface area contributed by atoms with E-state index >= 15 is 0 Å². The molecule has 2 atom stereocenters. The first-order valence-corrected chi connectivity index (χ1v) is 6.54. The Morgan fingerprint density at radius 1 is 1.24 bits per heavy atom. The maximum Gasteiger partial charge on any atom is 0.306 e. The molecule has 0 radical (unpaired) electrons. The maximum atomic E-state index is 11.0. The van der Waals surface area contributed by atoms with Crippen LogP contribution in [0.15, 0.2) is 30.3 Å². The van der Waals surface area contributed by atoms with Crippen molar-refractivity contribution in [1.29, 1.82) is 0 Å². The van der Waals surface area contributed by atoms with Gasteiger partial charge in [-0.2, -0.15) is 0 Å². The van der Waals surface area contributed by atoms with Gasteiger partial charge in [0, 0.05) is 0 Å². The Bertz CT molecular complexity index is 358. The number of aliphatic carboxylic acids is 1. The van der Waals surface area contributed by atoms with Gasteiger partial charge in [-0.15, -0.1) is 0 Å². The van der Waals surface area contributed by atoms with Crippen LogP contribution in [0.2, 0.25) is 0 Å². The first kappa shape index (κ1) is 12.2. The highest BCUT2D eigenvalue weighted by Crippen LogP contribution is 2.35. The fourth-order valence-corrected chi connectivity index (χ4v) is 2.92. The lowest BCUT2D eigenvalue weighted by atomic mass is 9.90. The van der Waals surface area contributed by atoms with Gasteiger partial charge in [-0.3, -0.25) is 4.79 Å². The summed E-state index contributed by atoms with van der Waals surface area (Å²) in [7, 11) is 0. The summed E-state index contributed by atoms with van der Waals surface area (Å²) in [5.74, 6) is -0.255. The molecule has 2 rings (SSSR count). The van der Waals surface area contributed by atoms with E-state index in [0.29, 0.717) is 5.92 Å². The number of carbonyl (C=O) groups is 1. The fourth-order valence-electron chi connectivity index (χ4n) is 2.92. The predicted octanol–water partition coefficient (Wildman–Crippen LogP) is 3.51. The average molecular weight is 232 g/mol. The summed E-state index contributed by atoms with van der Waals surface area (Å²) >= 11 is 0. The maximum absolute atomic E-state index is 11.0. The molecule has 1 aliphatic carbocycles. The van der Waals surface area contributed by atoms with Crippen molar-refractivity contribution >= 4 is 5.97 Å². The predicted molar refractivity (Wildman–Crippen MR) is 67.8 cm³/mol. The number of hydrogen-bond acceptors (Lipinski definition) is 1. The summed E-state index contributed by atoms with van der Waals surface area (Å²) in [6.45, 7) is 0. The number of aryl methyl sites for hydroxylation is 1. The van der Waals surface area contributed by atoms with E-state index in [4.69, 9.17) is 5.11 Å². The average Bonchev–Trinajstić information content (AvgIpc) is 2.79. The van der Waals surface area contributed by atoms with Crippen molar-refractivity contribution < 1.29 is 9.90 Å². The van der Waals surface area contributed by atoms with Gasteiger partial charge in [0.15, 0.2) is 0 Å². The van der Waals surface area contributed by atoms with E-state index in [1.807, 2.05) is 6.07 Å². The van der Waals surface area contributed by atoms with E-state index in [1.54, 1.807) is 0 Å². The van der Waals surface area contributed by atoms with E-state index in [9.17, 15) is 4.79 Å². The monoisotopic (exact) mass is 232 g/mol. The zero-order valence-electron chi connectivity index (χ0n) is 10.1. The summed E-state index contributed by atoms with van der Waals surface area (Å²) in [6, 6.07) is 10.4. The smallest absolute Gasteiger partial charge is 0.306 e. The van der Waals surface area contributed by atoms with Crippen LogP contribution in [0.1, 0.15) is 37.7 Å². The number of rotatable bonds is 5. The van der Waals surface area contributed by atoms with Crippen LogP contribution >= 0.6 is 0 Å². The minimum Gasteiger partial charge on any atom is -0.481 e. The molecule has 92 valence electrons. The zero-order valence-corrected chi connectivity index (χ0v) is 10.1. The fraction of sp³-hybridized carbons (Fsp3) is 0.533. The summed E-state index contributed by atoms with van der Waals surface area (Å²) in [6.07, 6.45) is 6.32. The number of carboxylic acids is 1. The van der Waals surface area contributed by atoms with E-state index in [-0.39, 0.29) is 5.92 Å². The van der Waals surface area contributed by atoms with Crippen LogP contribution in [0.5, 0.6) is 0 Å². The molecule has 0 aliphatic heterocycles. The molecule has 0 aromatic heterocycles. The van der Waals surface area contributed by atoms with Crippen LogP contribution < -0.4 is 0 Å². The molecule has 1 saturated carbocycles. The zero-order chi connectivity index (χ0) is 12.1. The van der Waals surface area contributed by atoms with Gasteiger partial charge in [0.2, 0.25) is 0 Å². The second kappa shape index (κ2) is 5.85. The van der Waals surface area contributed by atoms with Gasteiger partial charge in [0.05, 0.1) is 5.92 Å². The Morgan fingerprint density at radius 3 is 2.71 bits per heavy atom. The molecule has 1 aromatic carbocycles. The lowest BCUT2D eigenvalue weighted by molar-refractivity contribution is -0.143. The first-order valence-electron chi connectivity index (χ1n) is 6.54. The third-order valence-corrected chi connectivity index (χ3v) is 3.86. The Hall–Kier alpha value is -1.31. The van der Waals surface area contributed by atoms with Crippen molar-refractivity contribution in [1.82, 2.24) is 0 Å². The molecule has 0 amide bonds. The Kier molecular flexibility index (Phi) is 4.18. The van der Waals surface area contributed by atoms with Crippen molar-refractivity contribution in [3.63, 3.8) is 0 Å². The van der Waals surface area contributed by atoms with Gasteiger partial charge >= 0.3 is 5.97 Å². The molecule has 1 aromatic rings. The number of benzene rings is 1. The van der Waals surface area contributed by atoms with Gasteiger partial charge in [0.25, 0.3) is 0 Å². The molecular formula is C15H20O2. The third kappa shape index (κ3) is 3.32. The second-order valence-corrected chi connectivity index (χ2v) is 5.01. The van der Waals surface area contributed by atoms with Gasteiger partial charge in [-0.1, -0.05) is 36.8 Å². The molecule has 1 N–H and O–H groups in total. The molecule has 17 heavy (non-hydrogen) atoms. The van der Waals surface area contributed by atoms with E-state index in [2.05, 4.69) is 24.3 Å². The van der Waals surface area contributed by atoms with Crippen LogP contribution in [-0.2, 0) is 11.2 Å². The quantitative estimate of drug-likeness (QED) is 0.843. The van der Waals surface area contributed by atoms with E-state index < -0.39 is 5.97 Å². The number of carboxylic acid groups (broad SMARTS) is 1. The van der Waals surface area contributed by atoms with Gasteiger partial charge < -0.3 is 5.11 Å². The van der Waals surface area contributed by atoms with Crippen molar-refractivity contribution in [2.45, 2.75) is 38.5 Å². The largest absolute Gasteiger partial charge is 0.481 e. The summed E-state index contributed by atoms with van der Waals surface area (Å²) in [5, 5.41) is 9.10. The lowest BCUT2D eigenvalue weighted by Gasteiger charge is -2.15. The SMILES string of the molecule is O=C(O)C1CCCC1CCCc1ccccc1. The Morgan fingerprint density at radius 2 is 2.00 bits per heavy atom. The van der Waals surface area contributed by atoms with Crippen LogP contribution in [-0.4, -0.2) is 11.1 Å². The molecule has 1 aliphatic rings. The van der Waals surface area contributed by atoms with Crippen LogP contribution in [0.4, 0.5) is 0 Å². The Labute approximate surface area is 103 Å². The highest BCUT2D eigenvalue weighted by atomic mass is 16.4. The van der Waals surface area contributed by atoms with Crippen LogP contribution in [0, 0.1) is 11.8 Å². The molecule has 1 fully saturated rings. The third-order valence-electron chi connectivity index (χ3n) is 3.86. The van der Waals surface area contributed by atoms with Gasteiger partial charge in [0.1, 0.15) is 0 Å². The standard InChI is InChI=1S/C15H20O2/c16-15(17)14-11-5-10-13(14)9-4-8-12-6-2-1-3-7-12/h1-3,6-7,13-14H,4-5,8-11H2,(H,16,17). The summed E-state index contributed by atoms with van der Waals surface area (Å²) in [4.78, 5) is 11.0. The molecular weight excluding hydrogens is 212 g/mol. The second-order valence-electron chi connectivity index (χ2n) is 5.01. The Balaban J connectivity index is 1.77. The first-order chi connectivity index (χ1) is 8.27. The van der Waals surface area contributed by atoms with Crippen molar-refractivity contribution in [2.75, 3.05) is 0 Å². The van der Waals surface area contributed by atoms with Crippen molar-refractivity contribution in [2.24, 2.45) is 11.8 Å². The van der Waals surface area contributed by atoms with Crippen LogP contribution in [0.25, 0.3) is 0 Å². The van der Waals surface area contributed by atoms with Gasteiger partial charge in [-0.25, -0.2) is 0 Å². The molecule has 0 bridgehead atoms. The highest BCUT2D eigenvalue weighted by Gasteiger charge is 2.31. The molecule has 2 heteroatoms. The minimum absolute atomic E-state index is 0.0780. The molecule has 2 unspecified atom stereocenters. The molecule has 0 heterocycles. The van der Waals surface area contributed by atoms with Crippen molar-refractivity contribution in [3.8, 4) is 0 Å². The topological polar surface area (TPSA) is 37.3 Å². The van der Waals surface area contributed by atoms with Crippen LogP contribution in [0.3, 0.4) is 0 Å². The number of hydrogen-bond donors (Lipinski definition) is 1. The van der Waals surface area contributed by atoms with Crippen molar-refractivity contribution in [3.05, 3.63) is 35.9 Å². The minimum atomic E-state index is -0.591. The molecule has 0 spiro atoms. The van der Waals surface area contributed by atoms with E-state index in [1.165, 1.54) is 5.56 Å². The summed E-state index contributed by atoms with van der Waals surface area (Å²) in [5.41, 5.74) is 1.36. The van der Waals surface area contributed by atoms with E-state index in [0.717, 1.165) is 38.5 Å². The molecule has 2 nitrogen and oxygen atoms in total. The molecule has 0 saturated heterocycles. The normalized spacial score (nSPS) is 23.8.